The molecule has 3 rings (SSSR count). The van der Waals surface area contributed by atoms with Crippen molar-refractivity contribution in [1.29, 1.82) is 0 Å². The van der Waals surface area contributed by atoms with Gasteiger partial charge in [-0.25, -0.2) is 0 Å². The first-order chi connectivity index (χ1) is 15.9. The Bertz CT molecular complexity index is 963. The van der Waals surface area contributed by atoms with E-state index in [9.17, 15) is 19.2 Å². The molecule has 4 amide bonds. The molecule has 33 heavy (non-hydrogen) atoms. The number of hydrogen-bond acceptors (Lipinski definition) is 6. The molecule has 1 aliphatic heterocycles. The van der Waals surface area contributed by atoms with Gasteiger partial charge in [-0.1, -0.05) is 30.3 Å². The molecule has 10 heteroatoms. The molecule has 2 heterocycles. The zero-order valence-corrected chi connectivity index (χ0v) is 18.4. The average Bonchev–Trinajstić information content (AvgIpc) is 3.34. The molecule has 1 aliphatic rings. The molecule has 0 aliphatic carbocycles. The van der Waals surface area contributed by atoms with Crippen LogP contribution in [0.3, 0.4) is 0 Å². The molecular formula is C23H28N4O6. The van der Waals surface area contributed by atoms with Gasteiger partial charge in [-0.2, -0.15) is 0 Å². The van der Waals surface area contributed by atoms with Gasteiger partial charge >= 0.3 is 0 Å². The molecule has 10 nitrogen and oxygen atoms in total. The number of likely N-dealkylation sites (tertiary alicyclic amines) is 1. The van der Waals surface area contributed by atoms with Crippen LogP contribution in [0.4, 0.5) is 0 Å². The minimum absolute atomic E-state index is 0.102. The summed E-state index contributed by atoms with van der Waals surface area (Å²) in [7, 11) is 1.41. The van der Waals surface area contributed by atoms with Crippen molar-refractivity contribution in [2.75, 3.05) is 20.3 Å². The molecular weight excluding hydrogens is 428 g/mol. The summed E-state index contributed by atoms with van der Waals surface area (Å²) in [5.41, 5.74) is 6.37. The lowest BCUT2D eigenvalue weighted by Crippen LogP contribution is -2.60. The van der Waals surface area contributed by atoms with Crippen LogP contribution in [0.5, 0.6) is 0 Å². The second-order valence-electron chi connectivity index (χ2n) is 7.87. The molecule has 3 atom stereocenters. The van der Waals surface area contributed by atoms with Crippen LogP contribution in [-0.4, -0.2) is 66.9 Å². The molecule has 1 fully saturated rings. The second-order valence-corrected chi connectivity index (χ2v) is 7.87. The number of amides is 4. The minimum Gasteiger partial charge on any atom is -0.459 e. The number of carbonyl (C=O) groups excluding carboxylic acids is 4. The van der Waals surface area contributed by atoms with Gasteiger partial charge in [-0.05, 0) is 30.5 Å². The maximum atomic E-state index is 13.3. The number of furan rings is 1. The molecule has 0 spiro atoms. The smallest absolute Gasteiger partial charge is 0.290 e. The number of hydrogen-bond donors (Lipinski definition) is 3. The maximum Gasteiger partial charge on any atom is 0.290 e. The van der Waals surface area contributed by atoms with E-state index in [1.165, 1.54) is 24.3 Å². The van der Waals surface area contributed by atoms with E-state index in [2.05, 4.69) is 10.6 Å². The topological polar surface area (TPSA) is 144 Å². The molecule has 176 valence electrons. The molecule has 0 radical (unpaired) electrons. The Morgan fingerprint density at radius 3 is 2.58 bits per heavy atom. The molecule has 4 N–H and O–H groups in total. The van der Waals surface area contributed by atoms with Crippen LogP contribution in [0.2, 0.25) is 0 Å². The van der Waals surface area contributed by atoms with E-state index in [-0.39, 0.29) is 43.7 Å². The van der Waals surface area contributed by atoms with Gasteiger partial charge in [0.05, 0.1) is 6.26 Å². The second kappa shape index (κ2) is 11.3. The maximum absolute atomic E-state index is 13.3. The Hall–Kier alpha value is -3.66. The predicted octanol–water partition coefficient (Wildman–Crippen LogP) is 0.228. The van der Waals surface area contributed by atoms with Gasteiger partial charge in [0.15, 0.2) is 5.76 Å². The van der Waals surface area contributed by atoms with Crippen molar-refractivity contribution in [3.63, 3.8) is 0 Å². The summed E-state index contributed by atoms with van der Waals surface area (Å²) in [5.74, 6) is -1.87. The van der Waals surface area contributed by atoms with Crippen molar-refractivity contribution < 1.29 is 28.3 Å². The van der Waals surface area contributed by atoms with Gasteiger partial charge in [-0.15, -0.1) is 0 Å². The third-order valence-electron chi connectivity index (χ3n) is 5.48. The number of primary amides is 1. The van der Waals surface area contributed by atoms with E-state index in [1.54, 1.807) is 6.07 Å². The zero-order chi connectivity index (χ0) is 23.8. The number of methoxy groups -OCH3 is 1. The van der Waals surface area contributed by atoms with Crippen molar-refractivity contribution in [3.8, 4) is 0 Å². The van der Waals surface area contributed by atoms with Crippen molar-refractivity contribution >= 4 is 23.6 Å². The van der Waals surface area contributed by atoms with Crippen LogP contribution in [0, 0.1) is 0 Å². The fourth-order valence-corrected chi connectivity index (χ4v) is 3.87. The summed E-state index contributed by atoms with van der Waals surface area (Å²) < 4.78 is 10.1. The number of carbonyl (C=O) groups is 4. The van der Waals surface area contributed by atoms with Crippen molar-refractivity contribution in [1.82, 2.24) is 15.5 Å². The first-order valence-corrected chi connectivity index (χ1v) is 10.7. The van der Waals surface area contributed by atoms with Crippen LogP contribution >= 0.6 is 0 Å². The third kappa shape index (κ3) is 6.42. The summed E-state index contributed by atoms with van der Waals surface area (Å²) >= 11 is 0. The summed E-state index contributed by atoms with van der Waals surface area (Å²) in [6.07, 6.45) is 2.22. The number of piperidine rings is 1. The Morgan fingerprint density at radius 1 is 1.18 bits per heavy atom. The highest BCUT2D eigenvalue weighted by atomic mass is 16.5. The summed E-state index contributed by atoms with van der Waals surface area (Å²) in [5, 5.41) is 5.51. The molecule has 2 aromatic rings. The fourth-order valence-electron chi connectivity index (χ4n) is 3.87. The quantitative estimate of drug-likeness (QED) is 0.493. The number of benzene rings is 1. The Labute approximate surface area is 191 Å². The highest BCUT2D eigenvalue weighted by Gasteiger charge is 2.39. The van der Waals surface area contributed by atoms with Crippen LogP contribution in [0.1, 0.15) is 29.0 Å². The van der Waals surface area contributed by atoms with E-state index < -0.39 is 29.8 Å². The number of nitrogens with two attached hydrogens (primary N) is 1. The first-order valence-electron chi connectivity index (χ1n) is 10.7. The Balaban J connectivity index is 1.77. The van der Waals surface area contributed by atoms with Gasteiger partial charge in [0.25, 0.3) is 5.91 Å². The lowest BCUT2D eigenvalue weighted by molar-refractivity contribution is -0.132. The molecule has 1 aromatic heterocycles. The van der Waals surface area contributed by atoms with Crippen LogP contribution < -0.4 is 16.4 Å². The Morgan fingerprint density at radius 2 is 1.94 bits per heavy atom. The van der Waals surface area contributed by atoms with Crippen molar-refractivity contribution in [2.45, 2.75) is 37.4 Å². The van der Waals surface area contributed by atoms with E-state index in [4.69, 9.17) is 14.9 Å². The molecule has 0 saturated carbocycles. The fraction of sp³-hybridized carbons (Fsp3) is 0.391. The third-order valence-corrected chi connectivity index (χ3v) is 5.48. The normalized spacial score (nSPS) is 18.9. The molecule has 3 unspecified atom stereocenters. The van der Waals surface area contributed by atoms with Gasteiger partial charge in [0.2, 0.25) is 17.7 Å². The minimum atomic E-state index is -0.955. The number of ether oxygens (including phenoxy) is 1. The summed E-state index contributed by atoms with van der Waals surface area (Å²) in [6.45, 7) is 0.110. The predicted molar refractivity (Wildman–Crippen MR) is 118 cm³/mol. The van der Waals surface area contributed by atoms with Gasteiger partial charge in [-0.3, -0.25) is 19.2 Å². The highest BCUT2D eigenvalue weighted by Crippen LogP contribution is 2.21. The van der Waals surface area contributed by atoms with Gasteiger partial charge in [0.1, 0.15) is 18.7 Å². The van der Waals surface area contributed by atoms with E-state index >= 15 is 0 Å². The Kier molecular flexibility index (Phi) is 8.20. The number of nitrogens with zero attached hydrogens (tertiary/aromatic N) is 1. The SMILES string of the molecule is COCC(=O)NC1CCN(C(=O)c2ccco2)C(C(=O)NC(Cc2ccccc2)C(N)=O)C1. The lowest BCUT2D eigenvalue weighted by Gasteiger charge is -2.38. The molecule has 1 saturated heterocycles. The van der Waals surface area contributed by atoms with Gasteiger partial charge in [0, 0.05) is 26.1 Å². The first kappa shape index (κ1) is 24.0. The van der Waals surface area contributed by atoms with E-state index in [0.717, 1.165) is 5.56 Å². The zero-order valence-electron chi connectivity index (χ0n) is 18.4. The van der Waals surface area contributed by atoms with Crippen molar-refractivity contribution in [2.24, 2.45) is 5.73 Å². The van der Waals surface area contributed by atoms with Crippen LogP contribution in [0.25, 0.3) is 0 Å². The summed E-state index contributed by atoms with van der Waals surface area (Å²) in [4.78, 5) is 51.6. The monoisotopic (exact) mass is 456 g/mol. The number of nitrogens with one attached hydrogen (secondary N) is 2. The summed E-state index contributed by atoms with van der Waals surface area (Å²) in [6, 6.07) is 10.0. The van der Waals surface area contributed by atoms with Gasteiger partial charge < -0.3 is 30.4 Å². The average molecular weight is 456 g/mol. The van der Waals surface area contributed by atoms with Crippen molar-refractivity contribution in [3.05, 3.63) is 60.1 Å². The largest absolute Gasteiger partial charge is 0.459 e. The highest BCUT2D eigenvalue weighted by molar-refractivity contribution is 5.97. The van der Waals surface area contributed by atoms with Crippen LogP contribution in [0.15, 0.2) is 53.1 Å². The lowest BCUT2D eigenvalue weighted by atomic mass is 9.95. The van der Waals surface area contributed by atoms with E-state index in [1.807, 2.05) is 30.3 Å². The standard InChI is InChI=1S/C23H28N4O6/c1-32-14-20(28)25-16-9-10-27(23(31)19-8-5-11-33-19)18(13-16)22(30)26-17(21(24)29)12-15-6-3-2-4-7-15/h2-8,11,16-18H,9-10,12-14H2,1H3,(H2,24,29)(H,25,28)(H,26,30). The molecule has 0 bridgehead atoms. The molecule has 1 aromatic carbocycles. The number of rotatable bonds is 9. The van der Waals surface area contributed by atoms with E-state index in [0.29, 0.717) is 6.42 Å². The van der Waals surface area contributed by atoms with Crippen LogP contribution in [-0.2, 0) is 25.5 Å².